The summed E-state index contributed by atoms with van der Waals surface area (Å²) in [5, 5.41) is 5.32. The Labute approximate surface area is 162 Å². The molecule has 0 N–H and O–H groups in total. The Balaban J connectivity index is 0.000000341. The third-order valence-corrected chi connectivity index (χ3v) is 4.30. The summed E-state index contributed by atoms with van der Waals surface area (Å²) in [5.41, 5.74) is 0. The van der Waals surface area contributed by atoms with Crippen LogP contribution in [-0.2, 0) is 24.2 Å². The molecule has 0 radical (unpaired) electrons. The molecule has 1 heteroatoms. The quantitative estimate of drug-likeness (QED) is 0.313. The van der Waals surface area contributed by atoms with Crippen LogP contribution in [0.25, 0.3) is 21.5 Å². The largest absolute Gasteiger partial charge is 0.358 e. The average molecular weight is 394 g/mol. The summed E-state index contributed by atoms with van der Waals surface area (Å²) in [5.74, 6) is 0. The molecule has 0 aliphatic rings. The molecule has 0 spiro atoms. The van der Waals surface area contributed by atoms with Crippen LogP contribution in [0.4, 0.5) is 0 Å². The van der Waals surface area contributed by atoms with Gasteiger partial charge in [0.1, 0.15) is 0 Å². The van der Waals surface area contributed by atoms with Crippen molar-refractivity contribution in [1.29, 1.82) is 0 Å². The molecule has 0 amide bonds. The Kier molecular flexibility index (Phi) is 11.9. The first kappa shape index (κ1) is 22.4. The van der Waals surface area contributed by atoms with Crippen LogP contribution in [0, 0.1) is 14.9 Å². The number of hydrogen-bond donors (Lipinski definition) is 0. The van der Waals surface area contributed by atoms with Gasteiger partial charge in [-0.15, -0.1) is 59.3 Å². The average Bonchev–Trinajstić information content (AvgIpc) is 3.24. The van der Waals surface area contributed by atoms with Gasteiger partial charge in [-0.25, -0.2) is 0 Å². The van der Waals surface area contributed by atoms with Crippen LogP contribution in [-0.4, -0.2) is 3.71 Å². The van der Waals surface area contributed by atoms with E-state index in [2.05, 4.69) is 95.6 Å². The molecule has 0 aromatic heterocycles. The van der Waals surface area contributed by atoms with Crippen molar-refractivity contribution in [2.24, 2.45) is 0 Å². The molecule has 24 heavy (non-hydrogen) atoms. The number of hydrogen-bond acceptors (Lipinski definition) is 0. The zero-order valence-corrected chi connectivity index (χ0v) is 17.3. The topological polar surface area (TPSA) is 0 Å². The van der Waals surface area contributed by atoms with E-state index in [0.29, 0.717) is 0 Å². The van der Waals surface area contributed by atoms with Crippen molar-refractivity contribution in [3.63, 3.8) is 0 Å². The van der Waals surface area contributed by atoms with Gasteiger partial charge in [0.25, 0.3) is 0 Å². The van der Waals surface area contributed by atoms with E-state index in [-0.39, 0.29) is 14.9 Å². The fourth-order valence-electron chi connectivity index (χ4n) is 2.14. The van der Waals surface area contributed by atoms with Crippen molar-refractivity contribution < 1.29 is 24.2 Å². The van der Waals surface area contributed by atoms with Gasteiger partial charge in [0.2, 0.25) is 0 Å². The van der Waals surface area contributed by atoms with Crippen molar-refractivity contribution in [2.75, 3.05) is 0 Å². The molecular weight excluding hydrogens is 367 g/mol. The molecule has 0 aliphatic heterocycles. The first-order chi connectivity index (χ1) is 10.8. The van der Waals surface area contributed by atoms with E-state index in [1.807, 2.05) is 0 Å². The molecular formula is C23H26Zr-4. The second kappa shape index (κ2) is 12.8. The van der Waals surface area contributed by atoms with E-state index in [9.17, 15) is 0 Å². The van der Waals surface area contributed by atoms with Gasteiger partial charge in [-0.1, -0.05) is 12.1 Å². The Morgan fingerprint density at radius 2 is 1.12 bits per heavy atom. The molecule has 0 bridgehead atoms. The molecule has 0 unspecified atom stereocenters. The number of rotatable bonds is 1. The molecule has 0 saturated heterocycles. The van der Waals surface area contributed by atoms with E-state index in [4.69, 9.17) is 0 Å². The third kappa shape index (κ3) is 6.89. The van der Waals surface area contributed by atoms with Crippen LogP contribution in [0.3, 0.4) is 0 Å². The van der Waals surface area contributed by atoms with E-state index < -0.39 is 0 Å². The maximum atomic E-state index is 2.22. The standard InChI is InChI=1S/2C9H7.C3H6.2CH3.Zr/c2*1-2-5-9-7-3-6-8(9)4-1;1-3-2;;;/h2*1-7H;1H,3H2,2H3;2*1H3;/q2*-1;;2*-1;. The van der Waals surface area contributed by atoms with Crippen LogP contribution in [0.1, 0.15) is 13.3 Å². The summed E-state index contributed by atoms with van der Waals surface area (Å²) in [7, 11) is 0. The zero-order chi connectivity index (χ0) is 15.6. The molecule has 0 fully saturated rings. The van der Waals surface area contributed by atoms with Crippen LogP contribution < -0.4 is 0 Å². The first-order valence-electron chi connectivity index (χ1n) is 7.55. The SMILES string of the molecule is CC[CH]=[Zr].[CH3-].[CH3-].c1ccc2[cH-]ccc2c1.c1ccc2[cH-]ccc2c1. The van der Waals surface area contributed by atoms with Crippen molar-refractivity contribution >= 4 is 25.3 Å². The van der Waals surface area contributed by atoms with Crippen molar-refractivity contribution in [1.82, 2.24) is 0 Å². The van der Waals surface area contributed by atoms with Crippen molar-refractivity contribution in [2.45, 2.75) is 13.3 Å². The molecule has 0 heterocycles. The summed E-state index contributed by atoms with van der Waals surface area (Å²) in [4.78, 5) is 0. The fraction of sp³-hybridized carbons (Fsp3) is 0.0870. The summed E-state index contributed by atoms with van der Waals surface area (Å²) in [6, 6.07) is 29.3. The Morgan fingerprint density at radius 1 is 0.750 bits per heavy atom. The predicted octanol–water partition coefficient (Wildman–Crippen LogP) is 6.76. The van der Waals surface area contributed by atoms with Crippen LogP contribution >= 0.6 is 0 Å². The minimum atomic E-state index is 0. The second-order valence-electron chi connectivity index (χ2n) is 4.92. The Morgan fingerprint density at radius 3 is 1.46 bits per heavy atom. The minimum absolute atomic E-state index is 0. The maximum Gasteiger partial charge on any atom is -0.0809 e. The van der Waals surface area contributed by atoms with Crippen molar-refractivity contribution in [3.8, 4) is 0 Å². The van der Waals surface area contributed by atoms with E-state index in [1.165, 1.54) is 28.0 Å². The Bertz CT molecular complexity index is 678. The number of benzene rings is 2. The van der Waals surface area contributed by atoms with E-state index in [0.717, 1.165) is 0 Å². The van der Waals surface area contributed by atoms with Gasteiger partial charge < -0.3 is 14.9 Å². The van der Waals surface area contributed by atoms with Gasteiger partial charge in [0.15, 0.2) is 0 Å². The molecule has 4 aromatic carbocycles. The fourth-order valence-corrected chi connectivity index (χ4v) is 2.14. The van der Waals surface area contributed by atoms with Gasteiger partial charge in [-0.2, -0.15) is 35.0 Å². The predicted molar refractivity (Wildman–Crippen MR) is 108 cm³/mol. The third-order valence-electron chi connectivity index (χ3n) is 3.30. The summed E-state index contributed by atoms with van der Waals surface area (Å²) < 4.78 is 2.22. The summed E-state index contributed by atoms with van der Waals surface area (Å²) in [6.45, 7) is 2.15. The van der Waals surface area contributed by atoms with Gasteiger partial charge in [0.05, 0.1) is 0 Å². The van der Waals surface area contributed by atoms with Gasteiger partial charge in [-0.3, -0.25) is 0 Å². The molecule has 4 rings (SSSR count). The first-order valence-corrected chi connectivity index (χ1v) is 8.97. The van der Waals surface area contributed by atoms with Crippen molar-refractivity contribution in [3.05, 3.63) is 99.8 Å². The van der Waals surface area contributed by atoms with Gasteiger partial charge in [0, 0.05) is 0 Å². The second-order valence-corrected chi connectivity index (χ2v) is 5.93. The molecule has 0 saturated carbocycles. The zero-order valence-electron chi connectivity index (χ0n) is 14.9. The smallest absolute Gasteiger partial charge is 0.0809 e. The van der Waals surface area contributed by atoms with Crippen LogP contribution in [0.2, 0.25) is 0 Å². The van der Waals surface area contributed by atoms with Crippen LogP contribution in [0.5, 0.6) is 0 Å². The molecule has 126 valence electrons. The Hall–Kier alpha value is -1.59. The van der Waals surface area contributed by atoms with Gasteiger partial charge in [-0.05, 0) is 0 Å². The summed E-state index contributed by atoms with van der Waals surface area (Å²) >= 11 is 1.54. The van der Waals surface area contributed by atoms with Crippen LogP contribution in [0.15, 0.2) is 84.9 Å². The molecule has 0 nitrogen and oxygen atoms in total. The van der Waals surface area contributed by atoms with E-state index >= 15 is 0 Å². The van der Waals surface area contributed by atoms with Gasteiger partial charge >= 0.3 is 41.3 Å². The number of fused-ring (bicyclic) bond motifs is 2. The molecule has 4 aromatic rings. The monoisotopic (exact) mass is 392 g/mol. The maximum absolute atomic E-state index is 2.22. The van der Waals surface area contributed by atoms with E-state index in [1.54, 1.807) is 24.2 Å². The summed E-state index contributed by atoms with van der Waals surface area (Å²) in [6.07, 6.45) is 1.23. The molecule has 0 atom stereocenters. The molecule has 0 aliphatic carbocycles. The normalized spacial score (nSPS) is 8.67. The minimum Gasteiger partial charge on any atom is -0.358 e.